The fraction of sp³-hybridized carbons (Fsp3) is 0.467. The van der Waals surface area contributed by atoms with Crippen molar-refractivity contribution in [3.8, 4) is 5.75 Å². The quantitative estimate of drug-likeness (QED) is 0.789. The van der Waals surface area contributed by atoms with E-state index in [1.807, 2.05) is 0 Å². The zero-order valence-corrected chi connectivity index (χ0v) is 12.4. The molecule has 1 atom stereocenters. The molecular formula is C15H21N3O3. The van der Waals surface area contributed by atoms with Crippen LogP contribution >= 0.6 is 0 Å². The second kappa shape index (κ2) is 7.08. The van der Waals surface area contributed by atoms with Gasteiger partial charge in [0.2, 0.25) is 11.8 Å². The van der Waals surface area contributed by atoms with Crippen molar-refractivity contribution in [3.63, 3.8) is 0 Å². The van der Waals surface area contributed by atoms with Crippen molar-refractivity contribution in [2.45, 2.75) is 32.2 Å². The highest BCUT2D eigenvalue weighted by Crippen LogP contribution is 2.28. The Hall–Kier alpha value is -2.08. The van der Waals surface area contributed by atoms with Crippen molar-refractivity contribution >= 4 is 23.2 Å². The lowest BCUT2D eigenvalue weighted by Gasteiger charge is -2.23. The molecule has 114 valence electrons. The normalized spacial score (nSPS) is 17.9. The Kier molecular flexibility index (Phi) is 5.16. The predicted octanol–water partition coefficient (Wildman–Crippen LogP) is 1.73. The van der Waals surface area contributed by atoms with Crippen LogP contribution in [0.4, 0.5) is 11.4 Å². The molecule has 3 N–H and O–H groups in total. The lowest BCUT2D eigenvalue weighted by molar-refractivity contribution is -0.118. The molecule has 0 saturated carbocycles. The van der Waals surface area contributed by atoms with Crippen LogP contribution in [0.1, 0.15) is 26.2 Å². The van der Waals surface area contributed by atoms with Crippen LogP contribution in [0.2, 0.25) is 0 Å². The van der Waals surface area contributed by atoms with Crippen molar-refractivity contribution in [2.24, 2.45) is 0 Å². The third-order valence-corrected chi connectivity index (χ3v) is 3.40. The first kappa shape index (κ1) is 15.3. The first-order chi connectivity index (χ1) is 10.1. The predicted molar refractivity (Wildman–Crippen MR) is 81.6 cm³/mol. The van der Waals surface area contributed by atoms with E-state index in [1.165, 1.54) is 6.92 Å². The number of carbonyl (C=O) groups excluding carboxylic acids is 2. The van der Waals surface area contributed by atoms with Gasteiger partial charge < -0.3 is 20.7 Å². The Labute approximate surface area is 124 Å². The van der Waals surface area contributed by atoms with Crippen molar-refractivity contribution < 1.29 is 14.3 Å². The smallest absolute Gasteiger partial charge is 0.241 e. The van der Waals surface area contributed by atoms with E-state index in [0.717, 1.165) is 25.8 Å². The summed E-state index contributed by atoms with van der Waals surface area (Å²) in [4.78, 5) is 23.4. The van der Waals surface area contributed by atoms with Crippen molar-refractivity contribution in [1.82, 2.24) is 5.32 Å². The number of nitrogens with one attached hydrogen (secondary N) is 3. The van der Waals surface area contributed by atoms with E-state index in [0.29, 0.717) is 17.1 Å². The zero-order chi connectivity index (χ0) is 15.2. The molecule has 0 aliphatic carbocycles. The SMILES string of the molecule is COc1ccc(NC(C)=O)cc1NC(=O)[C@H]1CCCCN1. The topological polar surface area (TPSA) is 79.5 Å². The van der Waals surface area contributed by atoms with Gasteiger partial charge in [0.05, 0.1) is 18.8 Å². The Balaban J connectivity index is 2.12. The Morgan fingerprint density at radius 1 is 1.29 bits per heavy atom. The Bertz CT molecular complexity index is 525. The molecule has 1 heterocycles. The molecule has 0 aromatic heterocycles. The third kappa shape index (κ3) is 4.19. The van der Waals surface area contributed by atoms with Gasteiger partial charge in [-0.2, -0.15) is 0 Å². The summed E-state index contributed by atoms with van der Waals surface area (Å²) in [5.41, 5.74) is 1.18. The molecule has 1 aliphatic rings. The van der Waals surface area contributed by atoms with Gasteiger partial charge in [-0.25, -0.2) is 0 Å². The van der Waals surface area contributed by atoms with Crippen LogP contribution in [-0.2, 0) is 9.59 Å². The van der Waals surface area contributed by atoms with E-state index in [-0.39, 0.29) is 17.9 Å². The van der Waals surface area contributed by atoms with Gasteiger partial charge in [0.15, 0.2) is 0 Å². The summed E-state index contributed by atoms with van der Waals surface area (Å²) >= 11 is 0. The van der Waals surface area contributed by atoms with Gasteiger partial charge >= 0.3 is 0 Å². The Morgan fingerprint density at radius 2 is 2.10 bits per heavy atom. The zero-order valence-electron chi connectivity index (χ0n) is 12.4. The first-order valence-electron chi connectivity index (χ1n) is 7.10. The lowest BCUT2D eigenvalue weighted by atomic mass is 10.0. The van der Waals surface area contributed by atoms with E-state index in [1.54, 1.807) is 25.3 Å². The minimum absolute atomic E-state index is 0.0759. The molecule has 0 spiro atoms. The molecule has 1 aliphatic heterocycles. The molecule has 2 amide bonds. The molecule has 0 unspecified atom stereocenters. The summed E-state index contributed by atoms with van der Waals surface area (Å²) in [5, 5.41) is 8.76. The van der Waals surface area contributed by atoms with Gasteiger partial charge in [-0.1, -0.05) is 6.42 Å². The van der Waals surface area contributed by atoms with Gasteiger partial charge in [0.1, 0.15) is 5.75 Å². The van der Waals surface area contributed by atoms with Crippen molar-refractivity contribution in [2.75, 3.05) is 24.3 Å². The summed E-state index contributed by atoms with van der Waals surface area (Å²) in [6, 6.07) is 4.97. The van der Waals surface area contributed by atoms with Crippen LogP contribution in [0, 0.1) is 0 Å². The number of amides is 2. The molecular weight excluding hydrogens is 270 g/mol. The summed E-state index contributed by atoms with van der Waals surface area (Å²) in [6.07, 6.45) is 2.98. The van der Waals surface area contributed by atoms with Gasteiger partial charge in [0.25, 0.3) is 0 Å². The van der Waals surface area contributed by atoms with Crippen LogP contribution in [0.15, 0.2) is 18.2 Å². The third-order valence-electron chi connectivity index (χ3n) is 3.40. The van der Waals surface area contributed by atoms with Crippen LogP contribution in [0.3, 0.4) is 0 Å². The highest BCUT2D eigenvalue weighted by atomic mass is 16.5. The van der Waals surface area contributed by atoms with Gasteiger partial charge in [-0.3, -0.25) is 9.59 Å². The minimum atomic E-state index is -0.173. The number of rotatable bonds is 4. The average molecular weight is 291 g/mol. The molecule has 0 radical (unpaired) electrons. The first-order valence-corrected chi connectivity index (χ1v) is 7.10. The summed E-state index contributed by atoms with van der Waals surface area (Å²) in [5.74, 6) is 0.327. The second-order valence-electron chi connectivity index (χ2n) is 5.09. The van der Waals surface area contributed by atoms with Gasteiger partial charge in [-0.15, -0.1) is 0 Å². The number of piperidine rings is 1. The maximum Gasteiger partial charge on any atom is 0.241 e. The number of hydrogen-bond donors (Lipinski definition) is 3. The van der Waals surface area contributed by atoms with Crippen LogP contribution in [0.5, 0.6) is 5.75 Å². The Morgan fingerprint density at radius 3 is 2.71 bits per heavy atom. The molecule has 6 nitrogen and oxygen atoms in total. The molecule has 1 fully saturated rings. The van der Waals surface area contributed by atoms with Crippen LogP contribution < -0.4 is 20.7 Å². The monoisotopic (exact) mass is 291 g/mol. The maximum absolute atomic E-state index is 12.3. The molecule has 6 heteroatoms. The van der Waals surface area contributed by atoms with E-state index >= 15 is 0 Å². The average Bonchev–Trinajstić information content (AvgIpc) is 2.48. The number of hydrogen-bond acceptors (Lipinski definition) is 4. The van der Waals surface area contributed by atoms with E-state index in [2.05, 4.69) is 16.0 Å². The molecule has 1 aromatic rings. The molecule has 21 heavy (non-hydrogen) atoms. The largest absolute Gasteiger partial charge is 0.495 e. The molecule has 0 bridgehead atoms. The number of anilines is 2. The lowest BCUT2D eigenvalue weighted by Crippen LogP contribution is -2.43. The summed E-state index contributed by atoms with van der Waals surface area (Å²) < 4.78 is 5.25. The van der Waals surface area contributed by atoms with Crippen LogP contribution in [-0.4, -0.2) is 31.5 Å². The van der Waals surface area contributed by atoms with Gasteiger partial charge in [-0.05, 0) is 37.6 Å². The van der Waals surface area contributed by atoms with Crippen molar-refractivity contribution in [1.29, 1.82) is 0 Å². The summed E-state index contributed by atoms with van der Waals surface area (Å²) in [7, 11) is 1.54. The number of carbonyl (C=O) groups is 2. The molecule has 1 saturated heterocycles. The summed E-state index contributed by atoms with van der Waals surface area (Å²) in [6.45, 7) is 2.30. The van der Waals surface area contributed by atoms with E-state index < -0.39 is 0 Å². The maximum atomic E-state index is 12.3. The fourth-order valence-electron chi connectivity index (χ4n) is 2.38. The van der Waals surface area contributed by atoms with E-state index in [9.17, 15) is 9.59 Å². The number of benzene rings is 1. The molecule has 1 aromatic carbocycles. The second-order valence-corrected chi connectivity index (χ2v) is 5.09. The van der Waals surface area contributed by atoms with Gasteiger partial charge in [0, 0.05) is 12.6 Å². The molecule has 2 rings (SSSR count). The number of ether oxygens (including phenoxy) is 1. The number of methoxy groups -OCH3 is 1. The standard InChI is InChI=1S/C15H21N3O3/c1-10(19)17-11-6-7-14(21-2)13(9-11)18-15(20)12-5-3-4-8-16-12/h6-7,9,12,16H,3-5,8H2,1-2H3,(H,17,19)(H,18,20)/t12-/m1/s1. The highest BCUT2D eigenvalue weighted by Gasteiger charge is 2.21. The minimum Gasteiger partial charge on any atom is -0.495 e. The van der Waals surface area contributed by atoms with Crippen molar-refractivity contribution in [3.05, 3.63) is 18.2 Å². The fourth-order valence-corrected chi connectivity index (χ4v) is 2.38. The van der Waals surface area contributed by atoms with E-state index in [4.69, 9.17) is 4.74 Å². The highest BCUT2D eigenvalue weighted by molar-refractivity contribution is 5.97. The van der Waals surface area contributed by atoms with Crippen LogP contribution in [0.25, 0.3) is 0 Å².